The summed E-state index contributed by atoms with van der Waals surface area (Å²) in [7, 11) is 1.82. The molecule has 2 aliphatic heterocycles. The maximum absolute atomic E-state index is 12.9. The minimum Gasteiger partial charge on any atom is -0.444 e. The molecule has 0 bridgehead atoms. The first-order valence-electron chi connectivity index (χ1n) is 8.63. The highest BCUT2D eigenvalue weighted by molar-refractivity contribution is 5.98. The summed E-state index contributed by atoms with van der Waals surface area (Å²) in [6.45, 7) is 6.26. The van der Waals surface area contributed by atoms with Gasteiger partial charge in [-0.25, -0.2) is 4.79 Å². The average Bonchev–Trinajstić information content (AvgIpc) is 2.98. The fourth-order valence-electron chi connectivity index (χ4n) is 3.76. The van der Waals surface area contributed by atoms with Crippen molar-refractivity contribution in [2.45, 2.75) is 51.7 Å². The second kappa shape index (κ2) is 6.11. The predicted molar refractivity (Wildman–Crippen MR) is 93.0 cm³/mol. The average molecular weight is 330 g/mol. The quantitative estimate of drug-likeness (QED) is 0.794. The zero-order valence-electron chi connectivity index (χ0n) is 14.9. The minimum atomic E-state index is -0.524. The lowest BCUT2D eigenvalue weighted by atomic mass is 9.85. The van der Waals surface area contributed by atoms with Crippen LogP contribution in [0.4, 0.5) is 10.5 Å². The molecule has 3 rings (SSSR count). The Morgan fingerprint density at radius 2 is 1.96 bits per heavy atom. The number of benzene rings is 1. The number of carbonyl (C=O) groups excluding carboxylic acids is 2. The van der Waals surface area contributed by atoms with Crippen LogP contribution in [0.2, 0.25) is 0 Å². The number of nitrogens with zero attached hydrogens (tertiary/aromatic N) is 2. The van der Waals surface area contributed by atoms with Crippen molar-refractivity contribution in [2.75, 3.05) is 18.5 Å². The first-order valence-corrected chi connectivity index (χ1v) is 8.63. The number of anilines is 1. The number of hydrogen-bond donors (Lipinski definition) is 0. The summed E-state index contributed by atoms with van der Waals surface area (Å²) in [5, 5.41) is 0. The van der Waals surface area contributed by atoms with Crippen LogP contribution in [0, 0.1) is 5.92 Å². The second-order valence-electron chi connectivity index (χ2n) is 7.72. The summed E-state index contributed by atoms with van der Waals surface area (Å²) in [6.07, 6.45) is 2.15. The fraction of sp³-hybridized carbons (Fsp3) is 0.579. The molecule has 2 aliphatic rings. The second-order valence-corrected chi connectivity index (χ2v) is 7.72. The molecular weight excluding hydrogens is 304 g/mol. The fourth-order valence-corrected chi connectivity index (χ4v) is 3.76. The number of rotatable bonds is 1. The Morgan fingerprint density at radius 1 is 1.25 bits per heavy atom. The van der Waals surface area contributed by atoms with Gasteiger partial charge in [-0.1, -0.05) is 18.2 Å². The summed E-state index contributed by atoms with van der Waals surface area (Å²) in [4.78, 5) is 28.9. The summed E-state index contributed by atoms with van der Waals surface area (Å²) in [5.74, 6) is -0.103. The molecule has 1 aromatic carbocycles. The Balaban J connectivity index is 1.83. The standard InChI is InChI=1S/C19H26N2O3/c1-19(2,3)24-18(23)21-11-7-10-16(21)14-12-13-8-5-6-9-15(13)20(4)17(14)22/h5-6,8-9,14,16H,7,10-12H2,1-4H3/t14?,16-/m1/s1. The molecule has 1 saturated heterocycles. The lowest BCUT2D eigenvalue weighted by Crippen LogP contribution is -2.50. The molecular formula is C19H26N2O3. The van der Waals surface area contributed by atoms with Gasteiger partial charge < -0.3 is 14.5 Å². The topological polar surface area (TPSA) is 49.9 Å². The van der Waals surface area contributed by atoms with Gasteiger partial charge >= 0.3 is 6.09 Å². The van der Waals surface area contributed by atoms with Crippen LogP contribution in [0.1, 0.15) is 39.2 Å². The van der Waals surface area contributed by atoms with E-state index in [0.717, 1.165) is 18.5 Å². The summed E-state index contributed by atoms with van der Waals surface area (Å²) < 4.78 is 5.54. The van der Waals surface area contributed by atoms with Crippen LogP contribution in [0.25, 0.3) is 0 Å². The van der Waals surface area contributed by atoms with E-state index in [9.17, 15) is 9.59 Å². The van der Waals surface area contributed by atoms with E-state index in [4.69, 9.17) is 4.74 Å². The first-order chi connectivity index (χ1) is 11.3. The lowest BCUT2D eigenvalue weighted by Gasteiger charge is -2.38. The molecule has 0 radical (unpaired) electrons. The van der Waals surface area contributed by atoms with Gasteiger partial charge in [0.25, 0.3) is 0 Å². The number of likely N-dealkylation sites (tertiary alicyclic amines) is 1. The third kappa shape index (κ3) is 3.12. The molecule has 1 fully saturated rings. The number of ether oxygens (including phenoxy) is 1. The zero-order valence-corrected chi connectivity index (χ0v) is 14.9. The molecule has 0 N–H and O–H groups in total. The third-order valence-electron chi connectivity index (χ3n) is 4.83. The van der Waals surface area contributed by atoms with Crippen LogP contribution in [-0.2, 0) is 16.0 Å². The number of carbonyl (C=O) groups is 2. The summed E-state index contributed by atoms with van der Waals surface area (Å²) in [6, 6.07) is 7.91. The highest BCUT2D eigenvalue weighted by Crippen LogP contribution is 2.36. The third-order valence-corrected chi connectivity index (χ3v) is 4.83. The van der Waals surface area contributed by atoms with Crippen LogP contribution >= 0.6 is 0 Å². The van der Waals surface area contributed by atoms with Crippen molar-refractivity contribution in [3.05, 3.63) is 29.8 Å². The maximum Gasteiger partial charge on any atom is 0.410 e. The van der Waals surface area contributed by atoms with E-state index in [1.807, 2.05) is 46.0 Å². The lowest BCUT2D eigenvalue weighted by molar-refractivity contribution is -0.124. The van der Waals surface area contributed by atoms with Gasteiger partial charge in [-0.15, -0.1) is 0 Å². The van der Waals surface area contributed by atoms with Gasteiger partial charge in [0, 0.05) is 25.3 Å². The van der Waals surface area contributed by atoms with E-state index < -0.39 is 5.60 Å². The number of hydrogen-bond acceptors (Lipinski definition) is 3. The summed E-state index contributed by atoms with van der Waals surface area (Å²) in [5.41, 5.74) is 1.62. The zero-order chi connectivity index (χ0) is 17.5. The molecule has 0 saturated carbocycles. The molecule has 0 aliphatic carbocycles. The molecule has 1 unspecified atom stereocenters. The molecule has 130 valence electrons. The van der Waals surface area contributed by atoms with Gasteiger partial charge in [0.15, 0.2) is 0 Å². The minimum absolute atomic E-state index is 0.0804. The molecule has 2 atom stereocenters. The molecule has 2 amide bonds. The van der Waals surface area contributed by atoms with Crippen LogP contribution < -0.4 is 4.90 Å². The number of amides is 2. The Kier molecular flexibility index (Phi) is 4.28. The van der Waals surface area contributed by atoms with Gasteiger partial charge in [0.2, 0.25) is 5.91 Å². The Labute approximate surface area is 143 Å². The van der Waals surface area contributed by atoms with Gasteiger partial charge in [-0.2, -0.15) is 0 Å². The molecule has 2 heterocycles. The largest absolute Gasteiger partial charge is 0.444 e. The predicted octanol–water partition coefficient (Wildman–Crippen LogP) is 3.22. The first kappa shape index (κ1) is 16.8. The van der Waals surface area contributed by atoms with Crippen LogP contribution in [0.15, 0.2) is 24.3 Å². The smallest absolute Gasteiger partial charge is 0.410 e. The molecule has 5 heteroatoms. The van der Waals surface area contributed by atoms with Crippen LogP contribution in [0.5, 0.6) is 0 Å². The van der Waals surface area contributed by atoms with E-state index in [-0.39, 0.29) is 24.0 Å². The maximum atomic E-state index is 12.9. The van der Waals surface area contributed by atoms with Crippen molar-refractivity contribution < 1.29 is 14.3 Å². The van der Waals surface area contributed by atoms with E-state index in [1.165, 1.54) is 5.56 Å². The van der Waals surface area contributed by atoms with E-state index in [0.29, 0.717) is 13.0 Å². The van der Waals surface area contributed by atoms with Crippen molar-refractivity contribution in [1.29, 1.82) is 0 Å². The molecule has 5 nitrogen and oxygen atoms in total. The number of fused-ring (bicyclic) bond motifs is 1. The Morgan fingerprint density at radius 3 is 2.67 bits per heavy atom. The van der Waals surface area contributed by atoms with Gasteiger partial charge in [-0.3, -0.25) is 4.79 Å². The van der Waals surface area contributed by atoms with E-state index in [2.05, 4.69) is 6.07 Å². The van der Waals surface area contributed by atoms with Crippen molar-refractivity contribution in [3.8, 4) is 0 Å². The van der Waals surface area contributed by atoms with Crippen molar-refractivity contribution >= 4 is 17.7 Å². The van der Waals surface area contributed by atoms with Crippen molar-refractivity contribution in [2.24, 2.45) is 5.92 Å². The monoisotopic (exact) mass is 330 g/mol. The normalized spacial score (nSPS) is 24.1. The van der Waals surface area contributed by atoms with Gasteiger partial charge in [0.1, 0.15) is 5.60 Å². The number of para-hydroxylation sites is 1. The molecule has 0 spiro atoms. The highest BCUT2D eigenvalue weighted by Gasteiger charge is 2.43. The molecule has 0 aromatic heterocycles. The van der Waals surface area contributed by atoms with Crippen molar-refractivity contribution in [3.63, 3.8) is 0 Å². The Bertz CT molecular complexity index is 650. The van der Waals surface area contributed by atoms with E-state index >= 15 is 0 Å². The Hall–Kier alpha value is -2.04. The van der Waals surface area contributed by atoms with Gasteiger partial charge in [-0.05, 0) is 51.7 Å². The SMILES string of the molecule is CN1C(=O)C([C@H]2CCCN2C(=O)OC(C)(C)C)Cc2ccccc21. The van der Waals surface area contributed by atoms with Crippen molar-refractivity contribution in [1.82, 2.24) is 4.90 Å². The van der Waals surface area contributed by atoms with Crippen LogP contribution in [0.3, 0.4) is 0 Å². The van der Waals surface area contributed by atoms with Gasteiger partial charge in [0.05, 0.1) is 5.92 Å². The van der Waals surface area contributed by atoms with E-state index in [1.54, 1.807) is 9.80 Å². The molecule has 1 aromatic rings. The van der Waals surface area contributed by atoms with Crippen LogP contribution in [-0.4, -0.2) is 42.1 Å². The summed E-state index contributed by atoms with van der Waals surface area (Å²) >= 11 is 0. The molecule has 24 heavy (non-hydrogen) atoms. The highest BCUT2D eigenvalue weighted by atomic mass is 16.6.